The molecular formula is C13H17ClN2OS. The summed E-state index contributed by atoms with van der Waals surface area (Å²) in [5, 5.41) is 3.37. The van der Waals surface area contributed by atoms with Crippen molar-refractivity contribution in [3.05, 3.63) is 28.5 Å². The summed E-state index contributed by atoms with van der Waals surface area (Å²) in [5.41, 5.74) is 1.45. The Bertz CT molecular complexity index is 460. The van der Waals surface area contributed by atoms with E-state index in [2.05, 4.69) is 16.6 Å². The van der Waals surface area contributed by atoms with Crippen molar-refractivity contribution >= 4 is 29.3 Å². The summed E-state index contributed by atoms with van der Waals surface area (Å²) >= 11 is 7.74. The summed E-state index contributed by atoms with van der Waals surface area (Å²) < 4.78 is 0.278. The van der Waals surface area contributed by atoms with E-state index in [-0.39, 0.29) is 10.7 Å². The molecule has 18 heavy (non-hydrogen) atoms. The van der Waals surface area contributed by atoms with Crippen LogP contribution < -0.4 is 5.32 Å². The molecule has 0 unspecified atom stereocenters. The molecule has 1 aliphatic carbocycles. The Morgan fingerprint density at radius 1 is 1.56 bits per heavy atom. The summed E-state index contributed by atoms with van der Waals surface area (Å²) in [6.45, 7) is 2.72. The fraction of sp³-hybridized carbons (Fsp3) is 0.538. The number of amides is 1. The number of carbonyl (C=O) groups is 1. The summed E-state index contributed by atoms with van der Waals surface area (Å²) in [6, 6.07) is 3.43. The Morgan fingerprint density at radius 2 is 2.28 bits per heavy atom. The summed E-state index contributed by atoms with van der Waals surface area (Å²) in [6.07, 6.45) is 5.24. The SMILES string of the molecule is CCc1cc(C(=O)NCC2(SC)CC2)cc(Cl)n1. The van der Waals surface area contributed by atoms with Crippen LogP contribution in [0.3, 0.4) is 0 Å². The van der Waals surface area contributed by atoms with Gasteiger partial charge in [-0.05, 0) is 37.7 Å². The molecule has 5 heteroatoms. The molecule has 1 N–H and O–H groups in total. The number of rotatable bonds is 5. The minimum atomic E-state index is -0.0608. The largest absolute Gasteiger partial charge is 0.351 e. The van der Waals surface area contributed by atoms with Crippen LogP contribution in [0.2, 0.25) is 5.15 Å². The highest BCUT2D eigenvalue weighted by atomic mass is 35.5. The van der Waals surface area contributed by atoms with E-state index in [1.54, 1.807) is 12.1 Å². The van der Waals surface area contributed by atoms with Crippen LogP contribution >= 0.6 is 23.4 Å². The van der Waals surface area contributed by atoms with Crippen LogP contribution in [0.15, 0.2) is 12.1 Å². The summed E-state index contributed by atoms with van der Waals surface area (Å²) in [4.78, 5) is 16.2. The van der Waals surface area contributed by atoms with Crippen LogP contribution in [0, 0.1) is 0 Å². The molecule has 0 spiro atoms. The Balaban J connectivity index is 2.02. The van der Waals surface area contributed by atoms with Gasteiger partial charge >= 0.3 is 0 Å². The predicted molar refractivity (Wildman–Crippen MR) is 76.4 cm³/mol. The van der Waals surface area contributed by atoms with Gasteiger partial charge in [0.15, 0.2) is 0 Å². The summed E-state index contributed by atoms with van der Waals surface area (Å²) in [5.74, 6) is -0.0608. The molecule has 1 saturated carbocycles. The number of carbonyl (C=O) groups excluding carboxylic acids is 1. The molecule has 0 atom stereocenters. The molecule has 0 radical (unpaired) electrons. The van der Waals surface area contributed by atoms with Crippen LogP contribution in [-0.2, 0) is 6.42 Å². The van der Waals surface area contributed by atoms with E-state index in [1.807, 2.05) is 18.7 Å². The third kappa shape index (κ3) is 3.18. The van der Waals surface area contributed by atoms with Crippen molar-refractivity contribution in [3.8, 4) is 0 Å². The smallest absolute Gasteiger partial charge is 0.251 e. The van der Waals surface area contributed by atoms with Gasteiger partial charge in [0, 0.05) is 22.5 Å². The second-order valence-electron chi connectivity index (χ2n) is 4.59. The van der Waals surface area contributed by atoms with Gasteiger partial charge in [-0.15, -0.1) is 0 Å². The normalized spacial score (nSPS) is 16.4. The highest BCUT2D eigenvalue weighted by molar-refractivity contribution is 8.00. The molecule has 0 bridgehead atoms. The number of thioether (sulfide) groups is 1. The maximum Gasteiger partial charge on any atom is 0.251 e. The van der Waals surface area contributed by atoms with E-state index in [1.165, 1.54) is 12.8 Å². The minimum Gasteiger partial charge on any atom is -0.351 e. The van der Waals surface area contributed by atoms with Crippen LogP contribution in [0.25, 0.3) is 0 Å². The van der Waals surface area contributed by atoms with Gasteiger partial charge in [-0.2, -0.15) is 11.8 Å². The van der Waals surface area contributed by atoms with Gasteiger partial charge in [-0.25, -0.2) is 4.98 Å². The molecule has 0 aliphatic heterocycles. The Labute approximate surface area is 117 Å². The van der Waals surface area contributed by atoms with Gasteiger partial charge in [0.1, 0.15) is 5.15 Å². The van der Waals surface area contributed by atoms with Crippen LogP contribution in [-0.4, -0.2) is 28.4 Å². The highest BCUT2D eigenvalue weighted by Crippen LogP contribution is 2.46. The first-order valence-corrected chi connectivity index (χ1v) is 7.68. The zero-order chi connectivity index (χ0) is 13.2. The standard InChI is InChI=1S/C13H17ClN2OS/c1-3-10-6-9(7-11(14)16-10)12(17)15-8-13(18-2)4-5-13/h6-7H,3-5,8H2,1-2H3,(H,15,17). The minimum absolute atomic E-state index is 0.0608. The Hall–Kier alpha value is -0.740. The lowest BCUT2D eigenvalue weighted by Gasteiger charge is -2.13. The molecule has 0 aromatic carbocycles. The van der Waals surface area contributed by atoms with Crippen molar-refractivity contribution in [3.63, 3.8) is 0 Å². The Morgan fingerprint density at radius 3 is 2.83 bits per heavy atom. The quantitative estimate of drug-likeness (QED) is 0.846. The zero-order valence-electron chi connectivity index (χ0n) is 10.6. The third-order valence-corrected chi connectivity index (χ3v) is 4.90. The molecule has 98 valence electrons. The monoisotopic (exact) mass is 284 g/mol. The molecule has 1 aliphatic rings. The van der Waals surface area contributed by atoms with Crippen molar-refractivity contribution in [2.75, 3.05) is 12.8 Å². The average Bonchev–Trinajstić information content (AvgIpc) is 3.16. The number of hydrogen-bond acceptors (Lipinski definition) is 3. The van der Waals surface area contributed by atoms with Crippen LogP contribution in [0.4, 0.5) is 0 Å². The average molecular weight is 285 g/mol. The molecule has 1 aromatic heterocycles. The number of hydrogen-bond donors (Lipinski definition) is 1. The lowest BCUT2D eigenvalue weighted by atomic mass is 10.2. The molecule has 1 heterocycles. The van der Waals surface area contributed by atoms with Gasteiger partial charge in [0.05, 0.1) is 0 Å². The fourth-order valence-corrected chi connectivity index (χ4v) is 2.75. The van der Waals surface area contributed by atoms with Crippen LogP contribution in [0.5, 0.6) is 0 Å². The van der Waals surface area contributed by atoms with E-state index in [4.69, 9.17) is 11.6 Å². The zero-order valence-corrected chi connectivity index (χ0v) is 12.2. The van der Waals surface area contributed by atoms with Crippen molar-refractivity contribution in [2.24, 2.45) is 0 Å². The summed E-state index contributed by atoms with van der Waals surface area (Å²) in [7, 11) is 0. The number of nitrogens with one attached hydrogen (secondary N) is 1. The van der Waals surface area contributed by atoms with Crippen molar-refractivity contribution in [2.45, 2.75) is 30.9 Å². The van der Waals surface area contributed by atoms with E-state index in [0.29, 0.717) is 10.7 Å². The van der Waals surface area contributed by atoms with E-state index in [0.717, 1.165) is 18.7 Å². The predicted octanol–water partition coefficient (Wildman–Crippen LogP) is 2.92. The second-order valence-corrected chi connectivity index (χ2v) is 6.25. The molecule has 1 fully saturated rings. The lowest BCUT2D eigenvalue weighted by Crippen LogP contribution is -2.31. The number of aromatic nitrogens is 1. The topological polar surface area (TPSA) is 42.0 Å². The number of halogens is 1. The van der Waals surface area contributed by atoms with Crippen molar-refractivity contribution in [1.29, 1.82) is 0 Å². The highest BCUT2D eigenvalue weighted by Gasteiger charge is 2.41. The van der Waals surface area contributed by atoms with Gasteiger partial charge in [-0.3, -0.25) is 4.79 Å². The lowest BCUT2D eigenvalue weighted by molar-refractivity contribution is 0.0953. The molecule has 0 saturated heterocycles. The number of pyridine rings is 1. The van der Waals surface area contributed by atoms with Gasteiger partial charge < -0.3 is 5.32 Å². The second kappa shape index (κ2) is 5.49. The van der Waals surface area contributed by atoms with Gasteiger partial charge in [0.2, 0.25) is 0 Å². The number of aryl methyl sites for hydroxylation is 1. The first-order chi connectivity index (χ1) is 8.58. The first-order valence-electron chi connectivity index (χ1n) is 6.08. The third-order valence-electron chi connectivity index (χ3n) is 3.28. The molecule has 1 aromatic rings. The molecule has 1 amide bonds. The number of nitrogens with zero attached hydrogens (tertiary/aromatic N) is 1. The van der Waals surface area contributed by atoms with Gasteiger partial charge in [0.25, 0.3) is 5.91 Å². The van der Waals surface area contributed by atoms with Crippen LogP contribution in [0.1, 0.15) is 35.8 Å². The maximum atomic E-state index is 12.0. The van der Waals surface area contributed by atoms with E-state index >= 15 is 0 Å². The molecule has 2 rings (SSSR count). The maximum absolute atomic E-state index is 12.0. The van der Waals surface area contributed by atoms with Crippen molar-refractivity contribution < 1.29 is 4.79 Å². The molecular weight excluding hydrogens is 268 g/mol. The van der Waals surface area contributed by atoms with Gasteiger partial charge in [-0.1, -0.05) is 18.5 Å². The molecule has 3 nitrogen and oxygen atoms in total. The fourth-order valence-electron chi connectivity index (χ4n) is 1.80. The van der Waals surface area contributed by atoms with E-state index in [9.17, 15) is 4.79 Å². The first kappa shape index (κ1) is 13.7. The Kier molecular flexibility index (Phi) is 4.17. The van der Waals surface area contributed by atoms with E-state index < -0.39 is 0 Å². The van der Waals surface area contributed by atoms with Crippen molar-refractivity contribution in [1.82, 2.24) is 10.3 Å².